The minimum Gasteiger partial charge on any atom is -0.439 e. The normalized spacial score (nSPS) is 10.3. The first kappa shape index (κ1) is 13.1. The highest BCUT2D eigenvalue weighted by Gasteiger charge is 2.07. The third kappa shape index (κ3) is 2.69. The van der Waals surface area contributed by atoms with Crippen LogP contribution in [0.4, 0.5) is 0 Å². The van der Waals surface area contributed by atoms with E-state index in [2.05, 4.69) is 11.1 Å². The Morgan fingerprint density at radius 2 is 1.95 bits per heavy atom. The molecule has 0 saturated carbocycles. The van der Waals surface area contributed by atoms with E-state index in [0.717, 1.165) is 10.9 Å². The number of aliphatic hydroxyl groups is 1. The Balaban J connectivity index is 2.02. The van der Waals surface area contributed by atoms with Crippen LogP contribution in [-0.2, 0) is 6.61 Å². The van der Waals surface area contributed by atoms with Crippen LogP contribution < -0.4 is 4.74 Å². The molecule has 0 unspecified atom stereocenters. The molecule has 0 radical (unpaired) electrons. The molecular weight excluding hydrogens is 264 g/mol. The predicted octanol–water partition coefficient (Wildman–Crippen LogP) is 3.39. The van der Waals surface area contributed by atoms with Gasteiger partial charge in [0.15, 0.2) is 0 Å². The number of hydrogen-bond donors (Lipinski definition) is 1. The van der Waals surface area contributed by atoms with Crippen LogP contribution in [0, 0.1) is 11.3 Å². The van der Waals surface area contributed by atoms with Gasteiger partial charge in [0.1, 0.15) is 11.8 Å². The molecule has 1 N–H and O–H groups in total. The standard InChI is InChI=1S/C17H12N2O2/c18-10-13-9-17(19-16-7-2-1-6-15(13)16)21-14-5-3-4-12(8-14)11-20/h1-9,20H,11H2. The van der Waals surface area contributed by atoms with E-state index < -0.39 is 0 Å². The van der Waals surface area contributed by atoms with E-state index in [-0.39, 0.29) is 6.61 Å². The highest BCUT2D eigenvalue weighted by Crippen LogP contribution is 2.25. The van der Waals surface area contributed by atoms with Gasteiger partial charge in [0.2, 0.25) is 5.88 Å². The maximum Gasteiger partial charge on any atom is 0.221 e. The number of pyridine rings is 1. The number of hydrogen-bond acceptors (Lipinski definition) is 4. The number of aromatic nitrogens is 1. The summed E-state index contributed by atoms with van der Waals surface area (Å²) in [6.07, 6.45) is 0. The molecule has 3 rings (SSSR count). The zero-order valence-corrected chi connectivity index (χ0v) is 11.2. The van der Waals surface area contributed by atoms with Gasteiger partial charge in [-0.2, -0.15) is 5.26 Å². The van der Waals surface area contributed by atoms with E-state index in [4.69, 9.17) is 9.84 Å². The smallest absolute Gasteiger partial charge is 0.221 e. The molecule has 0 aliphatic rings. The lowest BCUT2D eigenvalue weighted by molar-refractivity contribution is 0.281. The van der Waals surface area contributed by atoms with Crippen LogP contribution in [0.5, 0.6) is 11.6 Å². The molecule has 4 nitrogen and oxygen atoms in total. The molecule has 0 aliphatic carbocycles. The number of ether oxygens (including phenoxy) is 1. The van der Waals surface area contributed by atoms with Crippen LogP contribution in [0.2, 0.25) is 0 Å². The highest BCUT2D eigenvalue weighted by molar-refractivity contribution is 5.85. The van der Waals surface area contributed by atoms with Gasteiger partial charge in [-0.1, -0.05) is 30.3 Å². The highest BCUT2D eigenvalue weighted by atomic mass is 16.5. The summed E-state index contributed by atoms with van der Waals surface area (Å²) in [7, 11) is 0. The van der Waals surface area contributed by atoms with Gasteiger partial charge in [-0.15, -0.1) is 0 Å². The summed E-state index contributed by atoms with van der Waals surface area (Å²) < 4.78 is 5.70. The number of benzene rings is 2. The van der Waals surface area contributed by atoms with Gasteiger partial charge in [-0.25, -0.2) is 4.98 Å². The minimum atomic E-state index is -0.0498. The average Bonchev–Trinajstić information content (AvgIpc) is 2.54. The third-order valence-corrected chi connectivity index (χ3v) is 3.12. The number of para-hydroxylation sites is 1. The van der Waals surface area contributed by atoms with Crippen molar-refractivity contribution in [1.82, 2.24) is 4.98 Å². The van der Waals surface area contributed by atoms with E-state index in [1.165, 1.54) is 0 Å². The Labute approximate surface area is 121 Å². The number of aliphatic hydroxyl groups excluding tert-OH is 1. The monoisotopic (exact) mass is 276 g/mol. The zero-order chi connectivity index (χ0) is 14.7. The van der Waals surface area contributed by atoms with E-state index in [1.54, 1.807) is 30.3 Å². The van der Waals surface area contributed by atoms with Gasteiger partial charge in [0, 0.05) is 11.5 Å². The molecule has 0 saturated heterocycles. The first-order valence-corrected chi connectivity index (χ1v) is 6.47. The Kier molecular flexibility index (Phi) is 3.50. The molecule has 1 heterocycles. The van der Waals surface area contributed by atoms with Crippen LogP contribution in [0.25, 0.3) is 10.9 Å². The van der Waals surface area contributed by atoms with Crippen LogP contribution in [0.15, 0.2) is 54.6 Å². The van der Waals surface area contributed by atoms with E-state index in [0.29, 0.717) is 22.7 Å². The van der Waals surface area contributed by atoms with Crippen molar-refractivity contribution < 1.29 is 9.84 Å². The molecule has 3 aromatic rings. The van der Waals surface area contributed by atoms with Crippen molar-refractivity contribution in [2.45, 2.75) is 6.61 Å². The molecule has 1 aromatic heterocycles. The summed E-state index contributed by atoms with van der Waals surface area (Å²) >= 11 is 0. The van der Waals surface area contributed by atoms with Crippen LogP contribution in [-0.4, -0.2) is 10.1 Å². The lowest BCUT2D eigenvalue weighted by Crippen LogP contribution is -1.92. The summed E-state index contributed by atoms with van der Waals surface area (Å²) in [6, 6.07) is 18.3. The van der Waals surface area contributed by atoms with Crippen LogP contribution in [0.3, 0.4) is 0 Å². The molecule has 102 valence electrons. The molecule has 0 atom stereocenters. The molecule has 0 aliphatic heterocycles. The number of nitriles is 1. The van der Waals surface area contributed by atoms with Gasteiger partial charge in [-0.3, -0.25) is 0 Å². The SMILES string of the molecule is N#Cc1cc(Oc2cccc(CO)c2)nc2ccccc12. The Hall–Kier alpha value is -2.90. The zero-order valence-electron chi connectivity index (χ0n) is 11.2. The fourth-order valence-corrected chi connectivity index (χ4v) is 2.12. The number of rotatable bonds is 3. The fraction of sp³-hybridized carbons (Fsp3) is 0.0588. The average molecular weight is 276 g/mol. The van der Waals surface area contributed by atoms with E-state index in [9.17, 15) is 5.26 Å². The first-order chi connectivity index (χ1) is 10.3. The van der Waals surface area contributed by atoms with Gasteiger partial charge >= 0.3 is 0 Å². The van der Waals surface area contributed by atoms with Crippen molar-refractivity contribution in [3.05, 3.63) is 65.7 Å². The molecule has 0 fully saturated rings. The van der Waals surface area contributed by atoms with Crippen molar-refractivity contribution in [3.63, 3.8) is 0 Å². The summed E-state index contributed by atoms with van der Waals surface area (Å²) in [5, 5.41) is 19.2. The molecule has 21 heavy (non-hydrogen) atoms. The lowest BCUT2D eigenvalue weighted by Gasteiger charge is -2.08. The Morgan fingerprint density at radius 1 is 1.10 bits per heavy atom. The number of fused-ring (bicyclic) bond motifs is 1. The Morgan fingerprint density at radius 3 is 2.76 bits per heavy atom. The maximum atomic E-state index is 9.24. The van der Waals surface area contributed by atoms with Gasteiger partial charge < -0.3 is 9.84 Å². The number of nitrogens with zero attached hydrogens (tertiary/aromatic N) is 2. The van der Waals surface area contributed by atoms with Crippen molar-refractivity contribution in [1.29, 1.82) is 5.26 Å². The lowest BCUT2D eigenvalue weighted by atomic mass is 10.1. The summed E-state index contributed by atoms with van der Waals surface area (Å²) in [6.45, 7) is -0.0498. The van der Waals surface area contributed by atoms with Crippen molar-refractivity contribution in [2.75, 3.05) is 0 Å². The Bertz CT molecular complexity index is 838. The maximum absolute atomic E-state index is 9.24. The molecule has 0 bridgehead atoms. The van der Waals surface area contributed by atoms with E-state index in [1.807, 2.05) is 24.3 Å². The molecule has 4 heteroatoms. The second kappa shape index (κ2) is 5.61. The second-order valence-corrected chi connectivity index (χ2v) is 4.54. The minimum absolute atomic E-state index is 0.0498. The van der Waals surface area contributed by atoms with Crippen LogP contribution in [0.1, 0.15) is 11.1 Å². The summed E-state index contributed by atoms with van der Waals surface area (Å²) in [4.78, 5) is 4.40. The molecule has 0 amide bonds. The first-order valence-electron chi connectivity index (χ1n) is 6.47. The van der Waals surface area contributed by atoms with Crippen molar-refractivity contribution in [2.24, 2.45) is 0 Å². The van der Waals surface area contributed by atoms with Crippen molar-refractivity contribution >= 4 is 10.9 Å². The predicted molar refractivity (Wildman–Crippen MR) is 78.9 cm³/mol. The quantitative estimate of drug-likeness (QED) is 0.796. The second-order valence-electron chi connectivity index (χ2n) is 4.54. The summed E-state index contributed by atoms with van der Waals surface area (Å²) in [5.74, 6) is 0.938. The van der Waals surface area contributed by atoms with E-state index >= 15 is 0 Å². The largest absolute Gasteiger partial charge is 0.439 e. The van der Waals surface area contributed by atoms with Gasteiger partial charge in [-0.05, 0) is 23.8 Å². The topological polar surface area (TPSA) is 66.1 Å². The third-order valence-electron chi connectivity index (χ3n) is 3.12. The van der Waals surface area contributed by atoms with Crippen LogP contribution >= 0.6 is 0 Å². The van der Waals surface area contributed by atoms with Crippen molar-refractivity contribution in [3.8, 4) is 17.7 Å². The molecular formula is C17H12N2O2. The van der Waals surface area contributed by atoms with Gasteiger partial charge in [0.05, 0.1) is 17.7 Å². The molecule has 0 spiro atoms. The summed E-state index contributed by atoms with van der Waals surface area (Å²) in [5.41, 5.74) is 1.99. The van der Waals surface area contributed by atoms with Gasteiger partial charge in [0.25, 0.3) is 0 Å². The molecule has 2 aromatic carbocycles. The fourth-order valence-electron chi connectivity index (χ4n) is 2.12.